The van der Waals surface area contributed by atoms with E-state index in [0.29, 0.717) is 0 Å². The van der Waals surface area contributed by atoms with Gasteiger partial charge in [0, 0.05) is 23.6 Å². The van der Waals surface area contributed by atoms with Crippen LogP contribution in [0.3, 0.4) is 0 Å². The molecule has 2 aliphatic heterocycles. The molecule has 2 bridgehead atoms. The third-order valence-corrected chi connectivity index (χ3v) is 14.8. The number of allylic oxidation sites excluding steroid dienone is 1. The Morgan fingerprint density at radius 1 is 0.780 bits per heavy atom. The maximum absolute atomic E-state index is 2.51. The summed E-state index contributed by atoms with van der Waals surface area (Å²) in [6.45, 7) is 16.7. The summed E-state index contributed by atoms with van der Waals surface area (Å²) in [4.78, 5) is 0. The van der Waals surface area contributed by atoms with Crippen molar-refractivity contribution in [2.75, 3.05) is 0 Å². The molecule has 3 aliphatic rings. The molecule has 8 rings (SSSR count). The molecule has 209 valence electrons. The summed E-state index contributed by atoms with van der Waals surface area (Å²) in [7, 11) is -2.33. The molecule has 0 amide bonds. The second kappa shape index (κ2) is 12.4. The fourth-order valence-corrected chi connectivity index (χ4v) is 12.4. The van der Waals surface area contributed by atoms with Gasteiger partial charge in [-0.2, -0.15) is 6.07 Å². The number of nitrogens with zero attached hydrogens (tertiary/aromatic N) is 1. The molecule has 0 fully saturated rings. The van der Waals surface area contributed by atoms with Gasteiger partial charge in [-0.05, 0) is 35.7 Å². The molecule has 4 aromatic carbocycles. The van der Waals surface area contributed by atoms with Gasteiger partial charge in [0.05, 0.1) is 16.1 Å². The van der Waals surface area contributed by atoms with Crippen LogP contribution in [0.2, 0.25) is 32.7 Å². The minimum atomic E-state index is -1.21. The molecular weight excluding hydrogens is 653 g/mol. The van der Waals surface area contributed by atoms with Crippen molar-refractivity contribution < 1.29 is 51.0 Å². The molecule has 1 atom stereocenters. The first-order valence-corrected chi connectivity index (χ1v) is 20.4. The fraction of sp³-hybridized carbons (Fsp3) is 0.229. The van der Waals surface area contributed by atoms with E-state index in [1.807, 2.05) is 0 Å². The Hall–Kier alpha value is -1.81. The molecular formula is C35H38Cl2NSi2Zr. The summed E-state index contributed by atoms with van der Waals surface area (Å²) in [5.74, 6) is 0. The SMILES string of the molecule is CC1=C2c3cn(-c4ccccc4)cc3C1[Si]2(C)C.Cc1cc2c(-c3ccc([Si](C)(C)C)cc3)cccc2[cH-]1.[Cl-].[Cl-].[Zr+3]. The average Bonchev–Trinajstić information content (AvgIpc) is 3.59. The van der Waals surface area contributed by atoms with Crippen LogP contribution >= 0.6 is 0 Å². The number of hydrogen-bond acceptors (Lipinski definition) is 0. The van der Waals surface area contributed by atoms with Crippen LogP contribution in [0.25, 0.3) is 32.8 Å². The topological polar surface area (TPSA) is 4.93 Å². The monoisotopic (exact) mass is 688 g/mol. The van der Waals surface area contributed by atoms with Gasteiger partial charge in [-0.3, -0.25) is 0 Å². The fourth-order valence-electron chi connectivity index (χ4n) is 6.89. The van der Waals surface area contributed by atoms with Gasteiger partial charge in [-0.15, -0.1) is 34.5 Å². The zero-order chi connectivity index (χ0) is 26.8. The minimum absolute atomic E-state index is 0. The summed E-state index contributed by atoms with van der Waals surface area (Å²) in [5.41, 5.74) is 10.8. The van der Waals surface area contributed by atoms with Crippen molar-refractivity contribution in [1.82, 2.24) is 4.57 Å². The number of fused-ring (bicyclic) bond motifs is 1. The van der Waals surface area contributed by atoms with Gasteiger partial charge < -0.3 is 29.4 Å². The van der Waals surface area contributed by atoms with E-state index in [0.717, 1.165) is 5.54 Å². The van der Waals surface area contributed by atoms with Crippen LogP contribution in [0.15, 0.2) is 103 Å². The number of benzene rings is 3. The molecule has 1 aliphatic carbocycles. The first-order chi connectivity index (χ1) is 18.1. The molecule has 0 saturated carbocycles. The molecule has 0 saturated heterocycles. The van der Waals surface area contributed by atoms with E-state index in [2.05, 4.69) is 148 Å². The Bertz CT molecular complexity index is 1690. The van der Waals surface area contributed by atoms with Gasteiger partial charge in [0.1, 0.15) is 0 Å². The summed E-state index contributed by atoms with van der Waals surface area (Å²) in [6, 6.07) is 30.9. The Morgan fingerprint density at radius 2 is 1.44 bits per heavy atom. The number of para-hydroxylation sites is 1. The van der Waals surface area contributed by atoms with Crippen molar-refractivity contribution in [2.45, 2.75) is 52.1 Å². The largest absolute Gasteiger partial charge is 3.00 e. The standard InChI is InChI=1S/C19H21Si.C16H17NSi.2ClH.Zr/c1-14-12-16-6-5-7-18(19(16)13-14)15-8-10-17(11-9-15)20(2,3)4;1-11-15-13-9-17(12-7-5-4-6-8-12)10-14(13)16(11)18(15,2)3;;;/h5-13H,1-4H3;4-10,15H,1-3H3;2*1H;/q-1;;;;+3/p-2. The van der Waals surface area contributed by atoms with Crippen molar-refractivity contribution >= 4 is 37.3 Å². The van der Waals surface area contributed by atoms with Gasteiger partial charge in [-0.1, -0.05) is 110 Å². The number of aromatic nitrogens is 1. The summed E-state index contributed by atoms with van der Waals surface area (Å²) >= 11 is 0. The molecule has 6 heteroatoms. The van der Waals surface area contributed by atoms with Crippen LogP contribution in [0.4, 0.5) is 0 Å². The van der Waals surface area contributed by atoms with Crippen LogP contribution in [0, 0.1) is 6.92 Å². The van der Waals surface area contributed by atoms with Crippen molar-refractivity contribution in [3.8, 4) is 16.8 Å². The maximum atomic E-state index is 2.51. The number of halogens is 2. The van der Waals surface area contributed by atoms with Gasteiger partial charge in [0.25, 0.3) is 0 Å². The Labute approximate surface area is 279 Å². The van der Waals surface area contributed by atoms with Crippen LogP contribution in [0.5, 0.6) is 0 Å². The molecule has 5 aromatic rings. The van der Waals surface area contributed by atoms with E-state index in [1.165, 1.54) is 43.9 Å². The van der Waals surface area contributed by atoms with E-state index in [1.54, 1.807) is 16.3 Å². The Balaban J connectivity index is 0.000000211. The number of aryl methyl sites for hydroxylation is 1. The Morgan fingerprint density at radius 3 is 2.02 bits per heavy atom. The first-order valence-electron chi connectivity index (χ1n) is 13.8. The van der Waals surface area contributed by atoms with Gasteiger partial charge >= 0.3 is 26.2 Å². The van der Waals surface area contributed by atoms with E-state index in [9.17, 15) is 0 Å². The predicted octanol–water partition coefficient (Wildman–Crippen LogP) is 3.23. The van der Waals surface area contributed by atoms with Crippen molar-refractivity contribution in [3.05, 3.63) is 120 Å². The summed E-state index contributed by atoms with van der Waals surface area (Å²) in [5, 5.41) is 5.95. The van der Waals surface area contributed by atoms with Gasteiger partial charge in [0.15, 0.2) is 0 Å². The summed E-state index contributed by atoms with van der Waals surface area (Å²) < 4.78 is 2.29. The molecule has 1 aromatic heterocycles. The van der Waals surface area contributed by atoms with Gasteiger partial charge in [0.2, 0.25) is 0 Å². The van der Waals surface area contributed by atoms with Gasteiger partial charge in [-0.25, -0.2) is 0 Å². The molecule has 1 unspecified atom stereocenters. The number of rotatable bonds is 3. The first kappa shape index (κ1) is 33.7. The normalized spacial score (nSPS) is 15.9. The second-order valence-electron chi connectivity index (χ2n) is 12.8. The molecule has 0 spiro atoms. The van der Waals surface area contributed by atoms with Crippen LogP contribution < -0.4 is 30.0 Å². The number of hydrogen-bond donors (Lipinski definition) is 0. The maximum Gasteiger partial charge on any atom is 3.00 e. The zero-order valence-corrected chi connectivity index (χ0v) is 31.0. The summed E-state index contributed by atoms with van der Waals surface area (Å²) in [6.07, 6.45) is 4.69. The van der Waals surface area contributed by atoms with Crippen LogP contribution in [0.1, 0.15) is 29.2 Å². The van der Waals surface area contributed by atoms with Crippen molar-refractivity contribution in [3.63, 3.8) is 0 Å². The average molecular weight is 691 g/mol. The molecule has 41 heavy (non-hydrogen) atoms. The zero-order valence-electron chi connectivity index (χ0n) is 25.0. The van der Waals surface area contributed by atoms with Crippen molar-refractivity contribution in [2.24, 2.45) is 0 Å². The predicted molar refractivity (Wildman–Crippen MR) is 171 cm³/mol. The van der Waals surface area contributed by atoms with Crippen LogP contribution in [-0.4, -0.2) is 20.7 Å². The molecule has 3 heterocycles. The third kappa shape index (κ3) is 5.88. The van der Waals surface area contributed by atoms with E-state index >= 15 is 0 Å². The van der Waals surface area contributed by atoms with Crippen molar-refractivity contribution in [1.29, 1.82) is 0 Å². The van der Waals surface area contributed by atoms with E-state index in [-0.39, 0.29) is 51.0 Å². The molecule has 1 radical (unpaired) electrons. The minimum Gasteiger partial charge on any atom is -1.00 e. The quantitative estimate of drug-likeness (QED) is 0.203. The van der Waals surface area contributed by atoms with Crippen LogP contribution in [-0.2, 0) is 26.2 Å². The molecule has 1 nitrogen and oxygen atoms in total. The second-order valence-corrected chi connectivity index (χ2v) is 22.3. The van der Waals surface area contributed by atoms with E-state index < -0.39 is 16.1 Å². The third-order valence-electron chi connectivity index (χ3n) is 8.64. The smallest absolute Gasteiger partial charge is 1.00 e. The van der Waals surface area contributed by atoms with E-state index in [4.69, 9.17) is 0 Å². The Kier molecular flexibility index (Phi) is 10.2. The molecule has 0 N–H and O–H groups in total.